The van der Waals surface area contributed by atoms with Crippen LogP contribution < -0.4 is 9.47 Å². The lowest BCUT2D eigenvalue weighted by molar-refractivity contribution is 0.0734. The van der Waals surface area contributed by atoms with Crippen molar-refractivity contribution in [2.45, 2.75) is 97.3 Å². The molecule has 1 aliphatic carbocycles. The van der Waals surface area contributed by atoms with Gasteiger partial charge in [-0.2, -0.15) is 0 Å². The Hall–Kier alpha value is -2.36. The maximum atomic E-state index is 14.2. The normalized spacial score (nSPS) is 17.8. The molecule has 0 heterocycles. The molecule has 3 nitrogen and oxygen atoms in total. The van der Waals surface area contributed by atoms with Crippen LogP contribution in [-0.2, 0) is 6.42 Å². The Labute approximate surface area is 211 Å². The number of carbonyl (C=O) groups excluding carboxylic acids is 1. The molecule has 0 unspecified atom stereocenters. The largest absolute Gasteiger partial charge is 0.494 e. The van der Waals surface area contributed by atoms with Gasteiger partial charge < -0.3 is 9.47 Å². The molecular weight excluding hydrogens is 439 g/mol. The zero-order valence-corrected chi connectivity index (χ0v) is 21.7. The average Bonchev–Trinajstić information content (AvgIpc) is 2.87. The Morgan fingerprint density at radius 2 is 1.46 bits per heavy atom. The number of carbonyl (C=O) groups is 1. The molecule has 0 amide bonds. The number of aryl methyl sites for hydroxylation is 1. The van der Waals surface area contributed by atoms with Gasteiger partial charge in [-0.15, -0.1) is 0 Å². The Morgan fingerprint density at radius 1 is 0.829 bits per heavy atom. The molecule has 35 heavy (non-hydrogen) atoms. The molecule has 0 spiro atoms. The summed E-state index contributed by atoms with van der Waals surface area (Å²) in [5.74, 6) is 1.97. The molecule has 0 bridgehead atoms. The molecule has 1 saturated carbocycles. The number of rotatable bonds is 14. The summed E-state index contributed by atoms with van der Waals surface area (Å²) in [5, 5.41) is 0. The van der Waals surface area contributed by atoms with Crippen molar-refractivity contribution in [3.05, 3.63) is 59.4 Å². The first-order valence-corrected chi connectivity index (χ1v) is 13.8. The Morgan fingerprint density at radius 3 is 2.09 bits per heavy atom. The fourth-order valence-corrected chi connectivity index (χ4v) is 5.07. The number of unbranched alkanes of at least 4 members (excludes halogenated alkanes) is 3. The summed E-state index contributed by atoms with van der Waals surface area (Å²) < 4.78 is 25.5. The van der Waals surface area contributed by atoms with E-state index in [1.807, 2.05) is 0 Å². The Bertz CT molecular complexity index is 885. The second-order valence-corrected chi connectivity index (χ2v) is 10.1. The van der Waals surface area contributed by atoms with Crippen molar-refractivity contribution in [1.82, 2.24) is 0 Å². The van der Waals surface area contributed by atoms with Gasteiger partial charge in [0, 0.05) is 6.07 Å². The first-order chi connectivity index (χ1) is 17.1. The van der Waals surface area contributed by atoms with Crippen LogP contribution in [0.4, 0.5) is 4.39 Å². The predicted octanol–water partition coefficient (Wildman–Crippen LogP) is 8.93. The lowest BCUT2D eigenvalue weighted by atomic mass is 9.78. The summed E-state index contributed by atoms with van der Waals surface area (Å²) in [7, 11) is 0. The van der Waals surface area contributed by atoms with Gasteiger partial charge in [-0.25, -0.2) is 9.18 Å². The monoisotopic (exact) mass is 482 g/mol. The molecule has 1 fully saturated rings. The van der Waals surface area contributed by atoms with Crippen molar-refractivity contribution < 1.29 is 18.7 Å². The molecule has 1 aliphatic rings. The summed E-state index contributed by atoms with van der Waals surface area (Å²) in [6, 6.07) is 11.6. The second kappa shape index (κ2) is 14.9. The third-order valence-corrected chi connectivity index (χ3v) is 7.33. The summed E-state index contributed by atoms with van der Waals surface area (Å²) in [6.45, 7) is 5.05. The highest BCUT2D eigenvalue weighted by atomic mass is 19.1. The highest BCUT2D eigenvalue weighted by Crippen LogP contribution is 2.34. The van der Waals surface area contributed by atoms with E-state index in [9.17, 15) is 9.18 Å². The van der Waals surface area contributed by atoms with Crippen LogP contribution in [0.2, 0.25) is 0 Å². The lowest BCUT2D eigenvalue weighted by Gasteiger charge is -2.28. The summed E-state index contributed by atoms with van der Waals surface area (Å²) in [5.41, 5.74) is 1.08. The van der Waals surface area contributed by atoms with E-state index in [2.05, 4.69) is 13.8 Å². The molecule has 0 atom stereocenters. The second-order valence-electron chi connectivity index (χ2n) is 10.1. The fourth-order valence-electron chi connectivity index (χ4n) is 5.07. The van der Waals surface area contributed by atoms with Gasteiger partial charge in [0.25, 0.3) is 0 Å². The van der Waals surface area contributed by atoms with E-state index in [4.69, 9.17) is 9.47 Å². The third kappa shape index (κ3) is 9.31. The molecule has 0 aromatic heterocycles. The van der Waals surface area contributed by atoms with E-state index in [-0.39, 0.29) is 11.6 Å². The van der Waals surface area contributed by atoms with Gasteiger partial charge in [0.2, 0.25) is 0 Å². The lowest BCUT2D eigenvalue weighted by Crippen LogP contribution is -2.15. The number of benzene rings is 2. The summed E-state index contributed by atoms with van der Waals surface area (Å²) >= 11 is 0. The zero-order valence-electron chi connectivity index (χ0n) is 21.7. The van der Waals surface area contributed by atoms with Crippen molar-refractivity contribution in [2.75, 3.05) is 6.61 Å². The van der Waals surface area contributed by atoms with Crippen molar-refractivity contribution >= 4 is 5.97 Å². The Balaban J connectivity index is 1.35. The zero-order chi connectivity index (χ0) is 24.9. The number of hydrogen-bond acceptors (Lipinski definition) is 3. The van der Waals surface area contributed by atoms with E-state index < -0.39 is 5.97 Å². The standard InChI is InChI=1S/C31H43FO3/c1-3-5-7-9-24-12-14-25(15-13-24)10-8-22-34-28-19-17-27(18-20-28)31(33)35-29-21-16-26(11-6-4-2)30(32)23-29/h16-21,23-25H,3-15,22H2,1-2H3. The van der Waals surface area contributed by atoms with Crippen LogP contribution in [0, 0.1) is 17.7 Å². The van der Waals surface area contributed by atoms with Crippen molar-refractivity contribution in [2.24, 2.45) is 11.8 Å². The van der Waals surface area contributed by atoms with Crippen LogP contribution in [0.15, 0.2) is 42.5 Å². The average molecular weight is 483 g/mol. The maximum absolute atomic E-state index is 14.2. The molecule has 0 N–H and O–H groups in total. The van der Waals surface area contributed by atoms with Crippen LogP contribution in [-0.4, -0.2) is 12.6 Å². The molecule has 2 aromatic carbocycles. The van der Waals surface area contributed by atoms with Gasteiger partial charge in [-0.1, -0.05) is 77.7 Å². The molecular formula is C31H43FO3. The quantitative estimate of drug-likeness (QED) is 0.153. The highest BCUT2D eigenvalue weighted by molar-refractivity contribution is 5.91. The molecule has 0 saturated heterocycles. The van der Waals surface area contributed by atoms with E-state index in [0.29, 0.717) is 24.2 Å². The van der Waals surface area contributed by atoms with Gasteiger partial charge in [0.05, 0.1) is 12.2 Å². The number of ether oxygens (including phenoxy) is 2. The van der Waals surface area contributed by atoms with Gasteiger partial charge >= 0.3 is 5.97 Å². The SMILES string of the molecule is CCCCCC1CCC(CCCOc2ccc(C(=O)Oc3ccc(CCCC)c(F)c3)cc2)CC1. The maximum Gasteiger partial charge on any atom is 0.343 e. The first-order valence-electron chi connectivity index (χ1n) is 13.8. The highest BCUT2D eigenvalue weighted by Gasteiger charge is 2.20. The van der Waals surface area contributed by atoms with Gasteiger partial charge in [-0.05, 0) is 73.4 Å². The summed E-state index contributed by atoms with van der Waals surface area (Å²) in [6.07, 6.45) is 16.0. The Kier molecular flexibility index (Phi) is 11.6. The van der Waals surface area contributed by atoms with Crippen molar-refractivity contribution in [3.8, 4) is 11.5 Å². The van der Waals surface area contributed by atoms with E-state index in [1.165, 1.54) is 63.9 Å². The van der Waals surface area contributed by atoms with Crippen LogP contribution in [0.3, 0.4) is 0 Å². The molecule has 3 rings (SSSR count). The van der Waals surface area contributed by atoms with Gasteiger partial charge in [-0.3, -0.25) is 0 Å². The predicted molar refractivity (Wildman–Crippen MR) is 141 cm³/mol. The first kappa shape index (κ1) is 27.2. The minimum absolute atomic E-state index is 0.225. The van der Waals surface area contributed by atoms with Crippen molar-refractivity contribution in [1.29, 1.82) is 0 Å². The smallest absolute Gasteiger partial charge is 0.343 e. The molecule has 0 radical (unpaired) electrons. The van der Waals surface area contributed by atoms with E-state index >= 15 is 0 Å². The molecule has 0 aliphatic heterocycles. The van der Waals surface area contributed by atoms with Crippen LogP contribution in [0.25, 0.3) is 0 Å². The number of hydrogen-bond donors (Lipinski definition) is 0. The van der Waals surface area contributed by atoms with Crippen molar-refractivity contribution in [3.63, 3.8) is 0 Å². The van der Waals surface area contributed by atoms with Gasteiger partial charge in [0.1, 0.15) is 17.3 Å². The molecule has 2 aromatic rings. The third-order valence-electron chi connectivity index (χ3n) is 7.33. The van der Waals surface area contributed by atoms with E-state index in [0.717, 1.165) is 36.8 Å². The van der Waals surface area contributed by atoms with Crippen LogP contribution in [0.5, 0.6) is 11.5 Å². The fraction of sp³-hybridized carbons (Fsp3) is 0.581. The molecule has 4 heteroatoms. The minimum atomic E-state index is -0.498. The van der Waals surface area contributed by atoms with Gasteiger partial charge in [0.15, 0.2) is 0 Å². The van der Waals surface area contributed by atoms with Crippen LogP contribution >= 0.6 is 0 Å². The topological polar surface area (TPSA) is 35.5 Å². The number of esters is 1. The van der Waals surface area contributed by atoms with E-state index in [1.54, 1.807) is 36.4 Å². The van der Waals surface area contributed by atoms with Crippen LogP contribution in [0.1, 0.15) is 107 Å². The number of halogens is 1. The molecule has 192 valence electrons. The minimum Gasteiger partial charge on any atom is -0.494 e. The summed E-state index contributed by atoms with van der Waals surface area (Å²) in [4.78, 5) is 12.4.